The highest BCUT2D eigenvalue weighted by Gasteiger charge is 2.26. The molecule has 0 aliphatic heterocycles. The van der Waals surface area contributed by atoms with Crippen molar-refractivity contribution in [1.82, 2.24) is 19.7 Å². The van der Waals surface area contributed by atoms with Gasteiger partial charge in [0.1, 0.15) is 27.4 Å². The average Bonchev–Trinajstić information content (AvgIpc) is 3.27. The average molecular weight is 418 g/mol. The highest BCUT2D eigenvalue weighted by molar-refractivity contribution is 7.22. The van der Waals surface area contributed by atoms with E-state index >= 15 is 0 Å². The van der Waals surface area contributed by atoms with E-state index in [2.05, 4.69) is 10.00 Å². The van der Waals surface area contributed by atoms with E-state index in [1.807, 2.05) is 33.2 Å². The maximum absolute atomic E-state index is 13.5. The zero-order chi connectivity index (χ0) is 21.1. The van der Waals surface area contributed by atoms with Crippen LogP contribution in [-0.4, -0.2) is 67.0 Å². The van der Waals surface area contributed by atoms with Crippen LogP contribution in [0.4, 0.5) is 5.13 Å². The molecule has 29 heavy (non-hydrogen) atoms. The summed E-state index contributed by atoms with van der Waals surface area (Å²) in [6.07, 6.45) is 2.52. The molecule has 0 aliphatic rings. The molecule has 3 rings (SSSR count). The highest BCUT2D eigenvalue weighted by Crippen LogP contribution is 2.40. The fraction of sp³-hybridized carbons (Fsp3) is 0.450. The third kappa shape index (κ3) is 4.20. The van der Waals surface area contributed by atoms with Gasteiger partial charge in [0, 0.05) is 13.6 Å². The Morgan fingerprint density at radius 1 is 1.17 bits per heavy atom. The molecule has 0 bridgehead atoms. The molecule has 1 amide bonds. The number of anilines is 1. The second-order valence-corrected chi connectivity index (χ2v) is 8.04. The Hall–Kier alpha value is -2.65. The molecule has 2 aromatic heterocycles. The van der Waals surface area contributed by atoms with Crippen molar-refractivity contribution in [1.29, 1.82) is 0 Å². The predicted molar refractivity (Wildman–Crippen MR) is 116 cm³/mol. The van der Waals surface area contributed by atoms with Crippen molar-refractivity contribution >= 4 is 32.6 Å². The summed E-state index contributed by atoms with van der Waals surface area (Å²) in [6.45, 7) is 3.31. The fourth-order valence-electron chi connectivity index (χ4n) is 3.20. The molecule has 0 saturated carbocycles. The largest absolute Gasteiger partial charge is 0.495 e. The topological polar surface area (TPSA) is 72.7 Å². The van der Waals surface area contributed by atoms with Crippen LogP contribution in [0, 0.1) is 6.92 Å². The number of fused-ring (bicyclic) bond motifs is 1. The third-order valence-corrected chi connectivity index (χ3v) is 5.78. The monoisotopic (exact) mass is 417 g/mol. The summed E-state index contributed by atoms with van der Waals surface area (Å²) in [6, 6.07) is 3.68. The molecule has 0 saturated heterocycles. The van der Waals surface area contributed by atoms with Crippen LogP contribution in [0.3, 0.4) is 0 Å². The minimum atomic E-state index is -0.113. The quantitative estimate of drug-likeness (QED) is 0.561. The van der Waals surface area contributed by atoms with E-state index < -0.39 is 0 Å². The summed E-state index contributed by atoms with van der Waals surface area (Å²) in [4.78, 5) is 22.1. The molecule has 9 heteroatoms. The Labute approximate surface area is 174 Å². The number of carbonyl (C=O) groups excluding carboxylic acids is 1. The zero-order valence-corrected chi connectivity index (χ0v) is 18.5. The summed E-state index contributed by atoms with van der Waals surface area (Å²) in [7, 11) is 9.05. The van der Waals surface area contributed by atoms with Crippen molar-refractivity contribution in [3.05, 3.63) is 29.6 Å². The lowest BCUT2D eigenvalue weighted by Gasteiger charge is -2.21. The molecule has 3 aromatic rings. The lowest BCUT2D eigenvalue weighted by Crippen LogP contribution is -2.35. The summed E-state index contributed by atoms with van der Waals surface area (Å²) in [5.74, 6) is 1.25. The minimum absolute atomic E-state index is 0.113. The molecule has 0 spiro atoms. The first-order valence-corrected chi connectivity index (χ1v) is 10.2. The van der Waals surface area contributed by atoms with Gasteiger partial charge in [0.15, 0.2) is 5.13 Å². The van der Waals surface area contributed by atoms with E-state index in [0.29, 0.717) is 34.4 Å². The van der Waals surface area contributed by atoms with Gasteiger partial charge in [-0.25, -0.2) is 4.98 Å². The van der Waals surface area contributed by atoms with Gasteiger partial charge in [-0.2, -0.15) is 5.10 Å². The van der Waals surface area contributed by atoms with Gasteiger partial charge >= 0.3 is 0 Å². The summed E-state index contributed by atoms with van der Waals surface area (Å²) < 4.78 is 13.4. The molecular formula is C20H27N5O3S. The number of ether oxygens (including phenoxy) is 2. The van der Waals surface area contributed by atoms with Crippen molar-refractivity contribution in [3.8, 4) is 11.5 Å². The number of thiazole rings is 1. The second-order valence-electron chi connectivity index (χ2n) is 7.06. The molecule has 156 valence electrons. The highest BCUT2D eigenvalue weighted by atomic mass is 32.1. The van der Waals surface area contributed by atoms with Crippen LogP contribution >= 0.6 is 11.3 Å². The maximum Gasteiger partial charge on any atom is 0.278 e. The normalized spacial score (nSPS) is 11.3. The number of hydrogen-bond donors (Lipinski definition) is 0. The lowest BCUT2D eigenvalue weighted by atomic mass is 10.2. The first-order valence-electron chi connectivity index (χ1n) is 9.34. The number of aromatic nitrogens is 3. The van der Waals surface area contributed by atoms with Crippen LogP contribution in [-0.2, 0) is 7.05 Å². The van der Waals surface area contributed by atoms with Gasteiger partial charge in [-0.3, -0.25) is 14.4 Å². The first kappa shape index (κ1) is 21.1. The van der Waals surface area contributed by atoms with Gasteiger partial charge in [0.05, 0.1) is 20.4 Å². The lowest BCUT2D eigenvalue weighted by molar-refractivity contribution is 0.0976. The molecule has 0 fully saturated rings. The molecule has 0 atom stereocenters. The van der Waals surface area contributed by atoms with Crippen LogP contribution < -0.4 is 14.4 Å². The van der Waals surface area contributed by atoms with E-state index in [1.165, 1.54) is 11.3 Å². The molecule has 1 aromatic carbocycles. The predicted octanol–water partition coefficient (Wildman–Crippen LogP) is 2.95. The molecule has 2 heterocycles. The maximum atomic E-state index is 13.5. The Morgan fingerprint density at radius 2 is 1.86 bits per heavy atom. The Bertz CT molecular complexity index is 951. The van der Waals surface area contributed by atoms with Gasteiger partial charge in [0.25, 0.3) is 5.91 Å². The van der Waals surface area contributed by atoms with Crippen LogP contribution in [0.2, 0.25) is 0 Å². The molecule has 0 N–H and O–H groups in total. The van der Waals surface area contributed by atoms with E-state index in [1.54, 1.807) is 37.0 Å². The van der Waals surface area contributed by atoms with Crippen LogP contribution in [0.5, 0.6) is 11.5 Å². The van der Waals surface area contributed by atoms with E-state index in [-0.39, 0.29) is 5.91 Å². The van der Waals surface area contributed by atoms with E-state index in [9.17, 15) is 4.79 Å². The minimum Gasteiger partial charge on any atom is -0.495 e. The SMILES string of the molecule is COc1ccc(OC)c2sc(N(CCCN(C)C)C(=O)c3c(C)cnn3C)nc12. The van der Waals surface area contributed by atoms with Crippen molar-refractivity contribution < 1.29 is 14.3 Å². The van der Waals surface area contributed by atoms with Gasteiger partial charge in [0.2, 0.25) is 0 Å². The van der Waals surface area contributed by atoms with Crippen molar-refractivity contribution in [3.63, 3.8) is 0 Å². The standard InChI is InChI=1S/C20H27N5O3S/c1-13-12-21-24(4)17(13)19(26)25(11-7-10-23(2)3)20-22-16-14(27-5)8-9-15(28-6)18(16)29-20/h8-9,12H,7,10-11H2,1-6H3. The Balaban J connectivity index is 2.07. The smallest absolute Gasteiger partial charge is 0.278 e. The molecule has 0 unspecified atom stereocenters. The molecule has 0 radical (unpaired) electrons. The van der Waals surface area contributed by atoms with Gasteiger partial charge < -0.3 is 14.4 Å². The second kappa shape index (κ2) is 8.79. The van der Waals surface area contributed by atoms with Crippen LogP contribution in [0.25, 0.3) is 10.2 Å². The third-order valence-electron chi connectivity index (χ3n) is 4.69. The first-order chi connectivity index (χ1) is 13.9. The summed E-state index contributed by atoms with van der Waals surface area (Å²) in [5, 5.41) is 4.84. The summed E-state index contributed by atoms with van der Waals surface area (Å²) in [5.41, 5.74) is 2.10. The van der Waals surface area contributed by atoms with Crippen LogP contribution in [0.15, 0.2) is 18.3 Å². The number of benzene rings is 1. The van der Waals surface area contributed by atoms with Gasteiger partial charge in [-0.15, -0.1) is 0 Å². The van der Waals surface area contributed by atoms with E-state index in [4.69, 9.17) is 14.5 Å². The van der Waals surface area contributed by atoms with Gasteiger partial charge in [-0.1, -0.05) is 11.3 Å². The number of methoxy groups -OCH3 is 2. The van der Waals surface area contributed by atoms with Crippen LogP contribution in [0.1, 0.15) is 22.5 Å². The Morgan fingerprint density at radius 3 is 2.45 bits per heavy atom. The molecular weight excluding hydrogens is 390 g/mol. The molecule has 0 aliphatic carbocycles. The number of nitrogens with zero attached hydrogens (tertiary/aromatic N) is 5. The molecule has 8 nitrogen and oxygen atoms in total. The number of rotatable bonds is 8. The zero-order valence-electron chi connectivity index (χ0n) is 17.7. The van der Waals surface area contributed by atoms with Crippen molar-refractivity contribution in [2.75, 3.05) is 46.3 Å². The summed E-state index contributed by atoms with van der Waals surface area (Å²) >= 11 is 1.43. The number of amides is 1. The fourth-order valence-corrected chi connectivity index (χ4v) is 4.30. The van der Waals surface area contributed by atoms with Gasteiger partial charge in [-0.05, 0) is 51.7 Å². The Kier molecular flexibility index (Phi) is 6.39. The number of hydrogen-bond acceptors (Lipinski definition) is 7. The van der Waals surface area contributed by atoms with E-state index in [0.717, 1.165) is 23.2 Å². The van der Waals surface area contributed by atoms with Crippen molar-refractivity contribution in [2.45, 2.75) is 13.3 Å². The van der Waals surface area contributed by atoms with Crippen molar-refractivity contribution in [2.24, 2.45) is 7.05 Å². The number of aryl methyl sites for hydroxylation is 2. The number of carbonyl (C=O) groups is 1.